The predicted octanol–water partition coefficient (Wildman–Crippen LogP) is 1.19. The van der Waals surface area contributed by atoms with E-state index in [1.54, 1.807) is 0 Å². The van der Waals surface area contributed by atoms with E-state index in [-0.39, 0.29) is 17.8 Å². The minimum absolute atomic E-state index is 0.249. The topological polar surface area (TPSA) is 71.4 Å². The number of hydrogen-bond acceptors (Lipinski definition) is 3. The molecule has 0 saturated heterocycles. The zero-order valence-corrected chi connectivity index (χ0v) is 8.81. The number of ketones is 1. The number of allylic oxidation sites excluding steroid dienone is 1. The van der Waals surface area contributed by atoms with Crippen molar-refractivity contribution in [2.75, 3.05) is 0 Å². The first kappa shape index (κ1) is 12.3. The zero-order valence-electron chi connectivity index (χ0n) is 7.99. The van der Waals surface area contributed by atoms with Crippen LogP contribution in [0, 0.1) is 0 Å². The van der Waals surface area contributed by atoms with E-state index in [1.165, 1.54) is 20.8 Å². The van der Waals surface area contributed by atoms with Gasteiger partial charge in [0.2, 0.25) is 0 Å². The van der Waals surface area contributed by atoms with Crippen molar-refractivity contribution in [3.8, 4) is 0 Å². The lowest BCUT2D eigenvalue weighted by Gasteiger charge is -2.19. The lowest BCUT2D eigenvalue weighted by Crippen LogP contribution is -2.34. The van der Waals surface area contributed by atoms with E-state index < -0.39 is 14.9 Å². The summed E-state index contributed by atoms with van der Waals surface area (Å²) < 4.78 is 28.9. The maximum Gasteiger partial charge on any atom is 0.270 e. The normalized spacial score (nSPS) is 12.6. The Balaban J connectivity index is 4.73. The molecule has 1 N–H and O–H groups in total. The minimum atomic E-state index is -4.19. The Morgan fingerprint density at radius 2 is 1.85 bits per heavy atom. The lowest BCUT2D eigenvalue weighted by atomic mass is 10.0. The average molecular weight is 206 g/mol. The first-order valence-electron chi connectivity index (χ1n) is 3.73. The van der Waals surface area contributed by atoms with Crippen molar-refractivity contribution in [3.63, 3.8) is 0 Å². The molecule has 0 radical (unpaired) electrons. The van der Waals surface area contributed by atoms with Crippen LogP contribution in [0.15, 0.2) is 12.2 Å². The molecule has 0 aromatic carbocycles. The number of hydrogen-bond donors (Lipinski definition) is 1. The molecule has 0 saturated carbocycles. The van der Waals surface area contributed by atoms with Crippen molar-refractivity contribution in [2.45, 2.75) is 31.9 Å². The van der Waals surface area contributed by atoms with Gasteiger partial charge in [-0.2, -0.15) is 8.42 Å². The second kappa shape index (κ2) is 3.59. The van der Waals surface area contributed by atoms with Crippen LogP contribution < -0.4 is 0 Å². The zero-order chi connectivity index (χ0) is 10.9. The molecular formula is C8H14O4S. The van der Waals surface area contributed by atoms with Crippen molar-refractivity contribution in [2.24, 2.45) is 0 Å². The fraction of sp³-hybridized carbons (Fsp3) is 0.625. The van der Waals surface area contributed by atoms with Gasteiger partial charge in [-0.25, -0.2) is 0 Å². The molecule has 0 amide bonds. The van der Waals surface area contributed by atoms with Gasteiger partial charge in [0.05, 0.1) is 4.75 Å². The second-order valence-electron chi connectivity index (χ2n) is 3.62. The molecule has 13 heavy (non-hydrogen) atoms. The number of carbonyl (C=O) groups excluding carboxylic acids is 1. The molecule has 0 aliphatic rings. The van der Waals surface area contributed by atoms with E-state index in [0.29, 0.717) is 0 Å². The first-order valence-corrected chi connectivity index (χ1v) is 5.17. The highest BCUT2D eigenvalue weighted by molar-refractivity contribution is 7.87. The third-order valence-corrected chi connectivity index (χ3v) is 3.30. The van der Waals surface area contributed by atoms with Gasteiger partial charge in [-0.15, -0.1) is 0 Å². The van der Waals surface area contributed by atoms with Gasteiger partial charge >= 0.3 is 0 Å². The van der Waals surface area contributed by atoms with Gasteiger partial charge in [-0.05, 0) is 26.3 Å². The van der Waals surface area contributed by atoms with Crippen LogP contribution in [0.2, 0.25) is 0 Å². The van der Waals surface area contributed by atoms with E-state index in [9.17, 15) is 13.2 Å². The van der Waals surface area contributed by atoms with Crippen LogP contribution in [0.1, 0.15) is 27.2 Å². The molecule has 0 heterocycles. The quantitative estimate of drug-likeness (QED) is 0.554. The Bertz CT molecular complexity index is 324. The van der Waals surface area contributed by atoms with Crippen LogP contribution in [0.4, 0.5) is 0 Å². The largest absolute Gasteiger partial charge is 0.295 e. The van der Waals surface area contributed by atoms with Crippen molar-refractivity contribution >= 4 is 15.9 Å². The maximum atomic E-state index is 11.1. The molecule has 0 aliphatic heterocycles. The van der Waals surface area contributed by atoms with E-state index in [0.717, 1.165) is 0 Å². The summed E-state index contributed by atoms with van der Waals surface area (Å²) in [5.74, 6) is -0.359. The minimum Gasteiger partial charge on any atom is -0.295 e. The van der Waals surface area contributed by atoms with Crippen LogP contribution in [0.25, 0.3) is 0 Å². The summed E-state index contributed by atoms with van der Waals surface area (Å²) in [5.41, 5.74) is 0.289. The SMILES string of the molecule is C=C(C)C(=O)CC(C)(C)S(=O)(=O)O. The average Bonchev–Trinajstić information content (AvgIpc) is 1.83. The van der Waals surface area contributed by atoms with Crippen LogP contribution in [0.5, 0.6) is 0 Å². The smallest absolute Gasteiger partial charge is 0.270 e. The van der Waals surface area contributed by atoms with E-state index in [2.05, 4.69) is 6.58 Å². The third kappa shape index (κ3) is 3.28. The lowest BCUT2D eigenvalue weighted by molar-refractivity contribution is -0.115. The monoisotopic (exact) mass is 206 g/mol. The molecule has 0 aromatic rings. The van der Waals surface area contributed by atoms with Gasteiger partial charge in [0.15, 0.2) is 5.78 Å². The fourth-order valence-electron chi connectivity index (χ4n) is 0.629. The second-order valence-corrected chi connectivity index (χ2v) is 5.67. The number of carbonyl (C=O) groups is 1. The van der Waals surface area contributed by atoms with Gasteiger partial charge in [-0.3, -0.25) is 9.35 Å². The highest BCUT2D eigenvalue weighted by Crippen LogP contribution is 2.21. The Morgan fingerprint density at radius 1 is 1.46 bits per heavy atom. The van der Waals surface area contributed by atoms with Crippen LogP contribution in [-0.2, 0) is 14.9 Å². The molecular weight excluding hydrogens is 192 g/mol. The molecule has 0 spiro atoms. The molecule has 0 bridgehead atoms. The maximum absolute atomic E-state index is 11.1. The molecule has 76 valence electrons. The first-order chi connectivity index (χ1) is 5.58. The van der Waals surface area contributed by atoms with E-state index in [1.807, 2.05) is 0 Å². The highest BCUT2D eigenvalue weighted by Gasteiger charge is 2.34. The summed E-state index contributed by atoms with van der Waals surface area (Å²) in [6.07, 6.45) is -0.249. The molecule has 0 aromatic heterocycles. The molecule has 0 atom stereocenters. The van der Waals surface area contributed by atoms with Crippen LogP contribution >= 0.6 is 0 Å². The van der Waals surface area contributed by atoms with Crippen LogP contribution in [-0.4, -0.2) is 23.5 Å². The number of rotatable bonds is 4. The summed E-state index contributed by atoms with van der Waals surface area (Å²) >= 11 is 0. The Kier molecular flexibility index (Phi) is 3.40. The molecule has 5 heteroatoms. The van der Waals surface area contributed by atoms with Crippen molar-refractivity contribution in [1.29, 1.82) is 0 Å². The van der Waals surface area contributed by atoms with E-state index in [4.69, 9.17) is 4.55 Å². The third-order valence-electron chi connectivity index (χ3n) is 1.76. The summed E-state index contributed by atoms with van der Waals surface area (Å²) in [5, 5.41) is 0. The Labute approximate surface area is 78.4 Å². The molecule has 0 unspecified atom stereocenters. The summed E-state index contributed by atoms with van der Waals surface area (Å²) in [7, 11) is -4.19. The number of Topliss-reactive ketones (excluding diaryl/α,β-unsaturated/α-hetero) is 1. The Morgan fingerprint density at radius 3 is 2.08 bits per heavy atom. The van der Waals surface area contributed by atoms with Gasteiger partial charge in [0.1, 0.15) is 0 Å². The van der Waals surface area contributed by atoms with Crippen molar-refractivity contribution in [1.82, 2.24) is 0 Å². The standard InChI is InChI=1S/C8H14O4S/c1-6(2)7(9)5-8(3,4)13(10,11)12/h1,5H2,2-4H3,(H,10,11,12). The molecule has 0 aliphatic carbocycles. The van der Waals surface area contributed by atoms with Crippen molar-refractivity contribution < 1.29 is 17.8 Å². The summed E-state index contributed by atoms with van der Waals surface area (Å²) in [6.45, 7) is 7.49. The summed E-state index contributed by atoms with van der Waals surface area (Å²) in [6, 6.07) is 0. The van der Waals surface area contributed by atoms with Gasteiger partial charge in [0, 0.05) is 6.42 Å². The predicted molar refractivity (Wildman–Crippen MR) is 50.1 cm³/mol. The Hall–Kier alpha value is -0.680. The summed E-state index contributed by atoms with van der Waals surface area (Å²) in [4.78, 5) is 11.1. The van der Waals surface area contributed by atoms with E-state index >= 15 is 0 Å². The van der Waals surface area contributed by atoms with Crippen molar-refractivity contribution in [3.05, 3.63) is 12.2 Å². The molecule has 0 fully saturated rings. The fourth-order valence-corrected chi connectivity index (χ4v) is 0.942. The van der Waals surface area contributed by atoms with Gasteiger partial charge in [-0.1, -0.05) is 6.58 Å². The molecule has 4 nitrogen and oxygen atoms in total. The van der Waals surface area contributed by atoms with Crippen LogP contribution in [0.3, 0.4) is 0 Å². The highest BCUT2D eigenvalue weighted by atomic mass is 32.2. The van der Waals surface area contributed by atoms with Gasteiger partial charge < -0.3 is 0 Å². The van der Waals surface area contributed by atoms with Gasteiger partial charge in [0.25, 0.3) is 10.1 Å². The molecule has 0 rings (SSSR count).